The van der Waals surface area contributed by atoms with Gasteiger partial charge in [0, 0.05) is 38.2 Å². The summed E-state index contributed by atoms with van der Waals surface area (Å²) in [7, 11) is -1.87. The number of rotatable bonds is 6. The van der Waals surface area contributed by atoms with Gasteiger partial charge in [-0.25, -0.2) is 12.8 Å². The number of aryl methyl sites for hydroxylation is 1. The molecule has 3 aromatic carbocycles. The van der Waals surface area contributed by atoms with Gasteiger partial charge in [-0.2, -0.15) is 4.31 Å². The van der Waals surface area contributed by atoms with Gasteiger partial charge in [-0.3, -0.25) is 4.90 Å². The second-order valence-electron chi connectivity index (χ2n) is 10.7. The molecule has 7 heteroatoms. The molecule has 0 amide bonds. The van der Waals surface area contributed by atoms with E-state index in [0.717, 1.165) is 41.6 Å². The minimum Gasteiger partial charge on any atom is -0.383 e. The van der Waals surface area contributed by atoms with Crippen LogP contribution in [0.1, 0.15) is 41.0 Å². The summed E-state index contributed by atoms with van der Waals surface area (Å²) in [6.45, 7) is 8.16. The van der Waals surface area contributed by atoms with Crippen molar-refractivity contribution in [2.24, 2.45) is 0 Å². The van der Waals surface area contributed by atoms with Crippen LogP contribution < -0.4 is 0 Å². The second kappa shape index (κ2) is 10.9. The Morgan fingerprint density at radius 2 is 1.63 bits per heavy atom. The average Bonchev–Trinajstić information content (AvgIpc) is 2.89. The first kappa shape index (κ1) is 27.0. The standard InChI is InChI=1S/C31H37FN2O3S/c1-21-9-5-6-10-30(21)38(35,36)33-17-7-8-18-34-28(19-33)31(29(34)20-37-4)25-13-11-24(12-14-25)26-15-16-27(32)23(3)22(26)2/h5-6,9-16,28-29,31H,7-8,17-20H2,1-4H3/t28?,29-,31?/m1/s1. The Hall–Kier alpha value is -2.58. The van der Waals surface area contributed by atoms with Crippen molar-refractivity contribution in [2.75, 3.05) is 33.4 Å². The average molecular weight is 537 g/mol. The molecule has 0 bridgehead atoms. The number of fused-ring (bicyclic) bond motifs is 1. The molecule has 5 rings (SSSR count). The molecule has 0 radical (unpaired) electrons. The third-order valence-electron chi connectivity index (χ3n) is 8.52. The Morgan fingerprint density at radius 1 is 0.921 bits per heavy atom. The minimum atomic E-state index is -3.60. The molecule has 5 nitrogen and oxygen atoms in total. The van der Waals surface area contributed by atoms with Gasteiger partial charge in [0.15, 0.2) is 0 Å². The van der Waals surface area contributed by atoms with E-state index in [9.17, 15) is 12.8 Å². The molecule has 0 saturated carbocycles. The maximum Gasteiger partial charge on any atom is 0.243 e. The van der Waals surface area contributed by atoms with E-state index in [4.69, 9.17) is 4.74 Å². The van der Waals surface area contributed by atoms with Gasteiger partial charge >= 0.3 is 0 Å². The lowest BCUT2D eigenvalue weighted by Crippen LogP contribution is -2.68. The first-order chi connectivity index (χ1) is 18.2. The van der Waals surface area contributed by atoms with Crippen LogP contribution in [0.2, 0.25) is 0 Å². The predicted octanol–water partition coefficient (Wildman–Crippen LogP) is 5.69. The summed E-state index contributed by atoms with van der Waals surface area (Å²) in [5, 5.41) is 0. The highest BCUT2D eigenvalue weighted by Gasteiger charge is 2.50. The number of sulfonamides is 1. The number of hydrogen-bond acceptors (Lipinski definition) is 4. The maximum absolute atomic E-state index is 14.0. The van der Waals surface area contributed by atoms with Crippen LogP contribution in [0.5, 0.6) is 0 Å². The Labute approximate surface area is 226 Å². The zero-order valence-electron chi connectivity index (χ0n) is 22.7. The largest absolute Gasteiger partial charge is 0.383 e. The van der Waals surface area contributed by atoms with Crippen molar-refractivity contribution in [1.29, 1.82) is 0 Å². The van der Waals surface area contributed by atoms with Crippen molar-refractivity contribution in [3.63, 3.8) is 0 Å². The smallest absolute Gasteiger partial charge is 0.243 e. The Bertz CT molecular complexity index is 1410. The number of nitrogens with zero attached hydrogens (tertiary/aromatic N) is 2. The van der Waals surface area contributed by atoms with Crippen LogP contribution in [0.25, 0.3) is 11.1 Å². The fourth-order valence-corrected chi connectivity index (χ4v) is 7.97. The van der Waals surface area contributed by atoms with E-state index in [0.29, 0.717) is 30.2 Å². The van der Waals surface area contributed by atoms with E-state index in [1.807, 2.05) is 39.0 Å². The summed E-state index contributed by atoms with van der Waals surface area (Å²) in [4.78, 5) is 2.83. The highest BCUT2D eigenvalue weighted by molar-refractivity contribution is 7.89. The number of hydrogen-bond donors (Lipinski definition) is 0. The van der Waals surface area contributed by atoms with Crippen molar-refractivity contribution in [2.45, 2.75) is 56.5 Å². The molecule has 2 aliphatic rings. The summed E-state index contributed by atoms with van der Waals surface area (Å²) in [6.07, 6.45) is 1.79. The van der Waals surface area contributed by atoms with Crippen LogP contribution in [0, 0.1) is 26.6 Å². The third-order valence-corrected chi connectivity index (χ3v) is 10.5. The van der Waals surface area contributed by atoms with Gasteiger partial charge < -0.3 is 4.74 Å². The fraction of sp³-hybridized carbons (Fsp3) is 0.419. The van der Waals surface area contributed by atoms with E-state index in [-0.39, 0.29) is 23.8 Å². The van der Waals surface area contributed by atoms with E-state index in [2.05, 4.69) is 29.2 Å². The molecule has 3 atom stereocenters. The first-order valence-electron chi connectivity index (χ1n) is 13.4. The van der Waals surface area contributed by atoms with Crippen molar-refractivity contribution in [1.82, 2.24) is 9.21 Å². The van der Waals surface area contributed by atoms with Gasteiger partial charge in [-0.15, -0.1) is 0 Å². The molecule has 0 aliphatic carbocycles. The number of methoxy groups -OCH3 is 1. The fourth-order valence-electron chi connectivity index (χ4n) is 6.25. The molecule has 2 fully saturated rings. The molecule has 0 aromatic heterocycles. The zero-order chi connectivity index (χ0) is 27.0. The van der Waals surface area contributed by atoms with E-state index in [1.165, 1.54) is 11.6 Å². The molecule has 2 heterocycles. The van der Waals surface area contributed by atoms with Crippen molar-refractivity contribution in [3.8, 4) is 11.1 Å². The van der Waals surface area contributed by atoms with Crippen LogP contribution in [0.4, 0.5) is 4.39 Å². The predicted molar refractivity (Wildman–Crippen MR) is 149 cm³/mol. The quantitative estimate of drug-likeness (QED) is 0.407. The zero-order valence-corrected chi connectivity index (χ0v) is 23.5. The minimum absolute atomic E-state index is 0.0786. The van der Waals surface area contributed by atoms with Crippen molar-refractivity contribution in [3.05, 3.63) is 88.7 Å². The first-order valence-corrected chi connectivity index (χ1v) is 14.8. The van der Waals surface area contributed by atoms with Gasteiger partial charge in [0.2, 0.25) is 10.0 Å². The van der Waals surface area contributed by atoms with Gasteiger partial charge in [0.1, 0.15) is 5.82 Å². The SMILES string of the molecule is COC[C@@H]1C(c2ccc(-c3ccc(F)c(C)c3C)cc2)C2CN(S(=O)(=O)c3ccccc3C)CCCCN21. The highest BCUT2D eigenvalue weighted by Crippen LogP contribution is 2.43. The summed E-state index contributed by atoms with van der Waals surface area (Å²) in [6, 6.07) is 19.4. The van der Waals surface area contributed by atoms with Gasteiger partial charge in [0.05, 0.1) is 11.5 Å². The molecular weight excluding hydrogens is 499 g/mol. The third kappa shape index (κ3) is 4.81. The summed E-state index contributed by atoms with van der Waals surface area (Å²) < 4.78 is 48.8. The van der Waals surface area contributed by atoms with E-state index >= 15 is 0 Å². The van der Waals surface area contributed by atoms with Crippen LogP contribution in [0.3, 0.4) is 0 Å². The van der Waals surface area contributed by atoms with Crippen molar-refractivity contribution < 1.29 is 17.5 Å². The Morgan fingerprint density at radius 3 is 2.34 bits per heavy atom. The molecule has 2 unspecified atom stereocenters. The molecule has 0 spiro atoms. The summed E-state index contributed by atoms with van der Waals surface area (Å²) >= 11 is 0. The van der Waals surface area contributed by atoms with E-state index < -0.39 is 10.0 Å². The van der Waals surface area contributed by atoms with Gasteiger partial charge in [0.25, 0.3) is 0 Å². The van der Waals surface area contributed by atoms with Gasteiger partial charge in [-0.05, 0) is 85.7 Å². The Kier molecular flexibility index (Phi) is 7.74. The second-order valence-corrected chi connectivity index (χ2v) is 12.6. The lowest BCUT2D eigenvalue weighted by atomic mass is 9.74. The van der Waals surface area contributed by atoms with Crippen LogP contribution in [-0.4, -0.2) is 63.1 Å². The lowest BCUT2D eigenvalue weighted by molar-refractivity contribution is -0.0635. The number of ether oxygens (including phenoxy) is 1. The highest BCUT2D eigenvalue weighted by atomic mass is 32.2. The maximum atomic E-state index is 14.0. The number of halogens is 1. The lowest BCUT2D eigenvalue weighted by Gasteiger charge is -2.57. The van der Waals surface area contributed by atoms with Crippen LogP contribution in [0.15, 0.2) is 65.6 Å². The van der Waals surface area contributed by atoms with Crippen molar-refractivity contribution >= 4 is 10.0 Å². The van der Waals surface area contributed by atoms with E-state index in [1.54, 1.807) is 23.5 Å². The molecule has 0 N–H and O–H groups in total. The Balaban J connectivity index is 1.46. The molecule has 202 valence electrons. The molecular formula is C31H37FN2O3S. The topological polar surface area (TPSA) is 49.9 Å². The summed E-state index contributed by atoms with van der Waals surface area (Å²) in [5.74, 6) is -0.0259. The molecule has 38 heavy (non-hydrogen) atoms. The van der Waals surface area contributed by atoms with Crippen LogP contribution >= 0.6 is 0 Å². The normalized spacial score (nSPS) is 22.8. The van der Waals surface area contributed by atoms with Crippen LogP contribution in [-0.2, 0) is 14.8 Å². The summed E-state index contributed by atoms with van der Waals surface area (Å²) in [5.41, 5.74) is 5.65. The number of benzene rings is 3. The molecule has 2 aliphatic heterocycles. The van der Waals surface area contributed by atoms with Gasteiger partial charge in [-0.1, -0.05) is 48.5 Å². The molecule has 2 saturated heterocycles. The molecule has 3 aromatic rings. The monoisotopic (exact) mass is 536 g/mol.